The van der Waals surface area contributed by atoms with Gasteiger partial charge in [-0.3, -0.25) is 0 Å². The summed E-state index contributed by atoms with van der Waals surface area (Å²) in [6.07, 6.45) is 10.3. The summed E-state index contributed by atoms with van der Waals surface area (Å²) < 4.78 is 6.26. The van der Waals surface area contributed by atoms with Crippen LogP contribution in [0.25, 0.3) is 0 Å². The molecule has 1 aromatic rings. The maximum absolute atomic E-state index is 6.30. The lowest BCUT2D eigenvalue weighted by Crippen LogP contribution is -2.55. The molecule has 3 rings (SSSR count). The molecule has 0 aromatic heterocycles. The average molecular weight is 302 g/mol. The summed E-state index contributed by atoms with van der Waals surface area (Å²) in [4.78, 5) is 0. The molecule has 4 atom stereocenters. The van der Waals surface area contributed by atoms with Gasteiger partial charge in [-0.1, -0.05) is 56.0 Å². The van der Waals surface area contributed by atoms with Gasteiger partial charge in [0.05, 0.1) is 12.7 Å². The Morgan fingerprint density at radius 2 is 1.59 bits per heavy atom. The molecule has 2 saturated carbocycles. The first-order chi connectivity index (χ1) is 10.8. The van der Waals surface area contributed by atoms with Crippen molar-refractivity contribution in [3.8, 4) is 0 Å². The van der Waals surface area contributed by atoms with Crippen LogP contribution in [0, 0.1) is 0 Å². The van der Waals surface area contributed by atoms with Gasteiger partial charge >= 0.3 is 0 Å². The third-order valence-electron chi connectivity index (χ3n) is 5.26. The average Bonchev–Trinajstić information content (AvgIpc) is 2.57. The Morgan fingerprint density at radius 3 is 2.36 bits per heavy atom. The summed E-state index contributed by atoms with van der Waals surface area (Å²) in [6, 6.07) is 11.8. The third-order valence-corrected chi connectivity index (χ3v) is 5.26. The highest BCUT2D eigenvalue weighted by atomic mass is 16.5. The first kappa shape index (κ1) is 16.0. The van der Waals surface area contributed by atoms with Gasteiger partial charge in [-0.05, 0) is 31.2 Å². The lowest BCUT2D eigenvalue weighted by molar-refractivity contribution is -0.0102. The van der Waals surface area contributed by atoms with Crippen molar-refractivity contribution in [2.24, 2.45) is 5.73 Å². The second kappa shape index (κ2) is 8.09. The maximum Gasteiger partial charge on any atom is 0.0732 e. The second-order valence-corrected chi connectivity index (χ2v) is 6.95. The van der Waals surface area contributed by atoms with Crippen molar-refractivity contribution in [3.63, 3.8) is 0 Å². The highest BCUT2D eigenvalue weighted by Gasteiger charge is 2.30. The first-order valence-corrected chi connectivity index (χ1v) is 9.00. The Kier molecular flexibility index (Phi) is 5.88. The molecule has 0 saturated heterocycles. The van der Waals surface area contributed by atoms with Crippen LogP contribution in [0.2, 0.25) is 0 Å². The number of benzene rings is 1. The predicted molar refractivity (Wildman–Crippen MR) is 90.6 cm³/mol. The predicted octanol–water partition coefficient (Wildman–Crippen LogP) is 3.37. The van der Waals surface area contributed by atoms with Crippen LogP contribution in [0.1, 0.15) is 56.9 Å². The fraction of sp³-hybridized carbons (Fsp3) is 0.684. The first-order valence-electron chi connectivity index (χ1n) is 9.00. The van der Waals surface area contributed by atoms with Crippen LogP contribution in [0.5, 0.6) is 0 Å². The van der Waals surface area contributed by atoms with Crippen LogP contribution >= 0.6 is 0 Å². The molecule has 0 amide bonds. The van der Waals surface area contributed by atoms with Gasteiger partial charge in [-0.15, -0.1) is 0 Å². The second-order valence-electron chi connectivity index (χ2n) is 6.95. The van der Waals surface area contributed by atoms with Gasteiger partial charge in [0.1, 0.15) is 0 Å². The van der Waals surface area contributed by atoms with Gasteiger partial charge < -0.3 is 15.8 Å². The minimum atomic E-state index is 0.324. The Balaban J connectivity index is 1.54. The maximum atomic E-state index is 6.30. The number of ether oxygens (including phenoxy) is 1. The van der Waals surface area contributed by atoms with Crippen LogP contribution in [-0.2, 0) is 11.3 Å². The zero-order valence-electron chi connectivity index (χ0n) is 13.5. The molecule has 122 valence electrons. The van der Waals surface area contributed by atoms with Crippen molar-refractivity contribution >= 4 is 0 Å². The Hall–Kier alpha value is -0.900. The molecule has 0 heterocycles. The number of hydrogen-bond acceptors (Lipinski definition) is 3. The van der Waals surface area contributed by atoms with E-state index in [1.165, 1.54) is 56.9 Å². The van der Waals surface area contributed by atoms with Gasteiger partial charge in [0.25, 0.3) is 0 Å². The van der Waals surface area contributed by atoms with E-state index in [1.54, 1.807) is 0 Å². The molecule has 3 N–H and O–H groups in total. The SMILES string of the molecule is N[C@@H]1CCCC[C@@H]1N[C@@H]1CCCC[C@@H]1OCc1ccccc1. The van der Waals surface area contributed by atoms with E-state index in [2.05, 4.69) is 35.6 Å². The normalized spacial score (nSPS) is 32.8. The Labute approximate surface area is 134 Å². The zero-order valence-corrected chi connectivity index (χ0v) is 13.5. The van der Waals surface area contributed by atoms with Gasteiger partial charge in [-0.25, -0.2) is 0 Å². The van der Waals surface area contributed by atoms with Crippen molar-refractivity contribution in [1.82, 2.24) is 5.32 Å². The Bertz CT molecular complexity index is 436. The van der Waals surface area contributed by atoms with Crippen LogP contribution in [0.15, 0.2) is 30.3 Å². The number of hydrogen-bond donors (Lipinski definition) is 2. The topological polar surface area (TPSA) is 47.3 Å². The van der Waals surface area contributed by atoms with E-state index in [1.807, 2.05) is 0 Å². The molecule has 0 radical (unpaired) electrons. The highest BCUT2D eigenvalue weighted by Crippen LogP contribution is 2.25. The lowest BCUT2D eigenvalue weighted by atomic mass is 9.87. The van der Waals surface area contributed by atoms with E-state index in [4.69, 9.17) is 10.5 Å². The number of rotatable bonds is 5. The molecule has 0 spiro atoms. The van der Waals surface area contributed by atoms with Gasteiger partial charge in [-0.2, -0.15) is 0 Å². The largest absolute Gasteiger partial charge is 0.372 e. The number of nitrogens with one attached hydrogen (secondary N) is 1. The van der Waals surface area contributed by atoms with E-state index in [0.717, 1.165) is 6.61 Å². The van der Waals surface area contributed by atoms with Crippen molar-refractivity contribution in [3.05, 3.63) is 35.9 Å². The zero-order chi connectivity index (χ0) is 15.2. The van der Waals surface area contributed by atoms with Crippen molar-refractivity contribution in [2.75, 3.05) is 0 Å². The molecule has 0 aliphatic heterocycles. The standard InChI is InChI=1S/C19H30N2O/c20-16-10-4-5-11-17(16)21-18-12-6-7-13-19(18)22-14-15-8-2-1-3-9-15/h1-3,8-9,16-19,21H,4-7,10-14,20H2/t16-,17+,18-,19+/m1/s1. The van der Waals surface area contributed by atoms with Crippen molar-refractivity contribution in [2.45, 2.75) is 82.2 Å². The monoisotopic (exact) mass is 302 g/mol. The van der Waals surface area contributed by atoms with Crippen molar-refractivity contribution < 1.29 is 4.74 Å². The number of nitrogens with two attached hydrogens (primary N) is 1. The molecule has 1 aromatic carbocycles. The molecule has 22 heavy (non-hydrogen) atoms. The van der Waals surface area contributed by atoms with Gasteiger partial charge in [0, 0.05) is 18.1 Å². The van der Waals surface area contributed by atoms with E-state index in [0.29, 0.717) is 24.2 Å². The third kappa shape index (κ3) is 4.31. The fourth-order valence-corrected chi connectivity index (χ4v) is 3.91. The Morgan fingerprint density at radius 1 is 0.909 bits per heavy atom. The minimum Gasteiger partial charge on any atom is -0.372 e. The smallest absolute Gasteiger partial charge is 0.0732 e. The summed E-state index contributed by atoms with van der Waals surface area (Å²) in [5, 5.41) is 3.84. The van der Waals surface area contributed by atoms with Crippen LogP contribution in [-0.4, -0.2) is 24.2 Å². The van der Waals surface area contributed by atoms with E-state index >= 15 is 0 Å². The van der Waals surface area contributed by atoms with Crippen LogP contribution in [0.3, 0.4) is 0 Å². The summed E-state index contributed by atoms with van der Waals surface area (Å²) in [6.45, 7) is 0.723. The molecular weight excluding hydrogens is 272 g/mol. The summed E-state index contributed by atoms with van der Waals surface area (Å²) in [7, 11) is 0. The molecule has 0 unspecified atom stereocenters. The quantitative estimate of drug-likeness (QED) is 0.876. The minimum absolute atomic E-state index is 0.324. The van der Waals surface area contributed by atoms with Crippen LogP contribution in [0.4, 0.5) is 0 Å². The molecule has 2 aliphatic rings. The summed E-state index contributed by atoms with van der Waals surface area (Å²) in [5.74, 6) is 0. The molecule has 3 heteroatoms. The van der Waals surface area contributed by atoms with E-state index in [9.17, 15) is 0 Å². The molecular formula is C19H30N2O. The lowest BCUT2D eigenvalue weighted by Gasteiger charge is -2.38. The summed E-state index contributed by atoms with van der Waals surface area (Å²) >= 11 is 0. The van der Waals surface area contributed by atoms with E-state index in [-0.39, 0.29) is 0 Å². The van der Waals surface area contributed by atoms with Crippen molar-refractivity contribution in [1.29, 1.82) is 0 Å². The van der Waals surface area contributed by atoms with Gasteiger partial charge in [0.2, 0.25) is 0 Å². The highest BCUT2D eigenvalue weighted by molar-refractivity contribution is 5.13. The molecule has 3 nitrogen and oxygen atoms in total. The molecule has 0 bridgehead atoms. The van der Waals surface area contributed by atoms with Crippen LogP contribution < -0.4 is 11.1 Å². The molecule has 2 fully saturated rings. The van der Waals surface area contributed by atoms with E-state index < -0.39 is 0 Å². The summed E-state index contributed by atoms with van der Waals surface area (Å²) in [5.41, 5.74) is 7.57. The molecule has 2 aliphatic carbocycles. The van der Waals surface area contributed by atoms with Gasteiger partial charge in [0.15, 0.2) is 0 Å². The fourth-order valence-electron chi connectivity index (χ4n) is 3.91.